The van der Waals surface area contributed by atoms with Crippen molar-refractivity contribution in [3.8, 4) is 0 Å². The molecule has 128 valence electrons. The molecule has 1 aromatic carbocycles. The van der Waals surface area contributed by atoms with Crippen LogP contribution in [0.2, 0.25) is 0 Å². The molecule has 1 unspecified atom stereocenters. The number of carbonyl (C=O) groups excluding carboxylic acids is 2. The van der Waals surface area contributed by atoms with Crippen LogP contribution in [0.4, 0.5) is 10.5 Å². The summed E-state index contributed by atoms with van der Waals surface area (Å²) in [5, 5.41) is 11.8. The average Bonchev–Trinajstić information content (AvgIpc) is 2.47. The standard InChI is InChI=1S/C16H24N4O2.ClH/c1-11(2)18-16(22)20-14-8-4-3-7-13(14)15(21)19-12-6-5-9-17-10-12;/h3-4,7-8,11-12,17H,5-6,9-10H2,1-2H3,(H,19,21)(H2,18,20,22);1H. The largest absolute Gasteiger partial charge is 0.348 e. The van der Waals surface area contributed by atoms with Crippen LogP contribution in [0.3, 0.4) is 0 Å². The van der Waals surface area contributed by atoms with Gasteiger partial charge in [-0.2, -0.15) is 0 Å². The summed E-state index contributed by atoms with van der Waals surface area (Å²) in [5.74, 6) is -0.158. The number of carbonyl (C=O) groups is 2. The van der Waals surface area contributed by atoms with Crippen LogP contribution >= 0.6 is 12.4 Å². The Balaban J connectivity index is 0.00000264. The first-order chi connectivity index (χ1) is 10.6. The van der Waals surface area contributed by atoms with Gasteiger partial charge in [0.25, 0.3) is 5.91 Å². The van der Waals surface area contributed by atoms with Gasteiger partial charge in [-0.15, -0.1) is 12.4 Å². The van der Waals surface area contributed by atoms with Crippen LogP contribution in [0.1, 0.15) is 37.0 Å². The normalized spacial score (nSPS) is 17.1. The fraction of sp³-hybridized carbons (Fsp3) is 0.500. The van der Waals surface area contributed by atoms with E-state index in [1.165, 1.54) is 0 Å². The van der Waals surface area contributed by atoms with Crippen LogP contribution < -0.4 is 21.3 Å². The number of hydrogen-bond donors (Lipinski definition) is 4. The maximum absolute atomic E-state index is 12.4. The fourth-order valence-corrected chi connectivity index (χ4v) is 2.45. The number of benzene rings is 1. The van der Waals surface area contributed by atoms with E-state index in [0.29, 0.717) is 11.3 Å². The molecule has 1 heterocycles. The Morgan fingerprint density at radius 1 is 1.26 bits per heavy atom. The minimum Gasteiger partial charge on any atom is -0.348 e. The second-order valence-electron chi connectivity index (χ2n) is 5.82. The Kier molecular flexibility index (Phi) is 7.85. The maximum atomic E-state index is 12.4. The molecule has 23 heavy (non-hydrogen) atoms. The van der Waals surface area contributed by atoms with E-state index in [9.17, 15) is 9.59 Å². The number of para-hydroxylation sites is 1. The number of rotatable bonds is 4. The smallest absolute Gasteiger partial charge is 0.319 e. The highest BCUT2D eigenvalue weighted by atomic mass is 35.5. The highest BCUT2D eigenvalue weighted by Gasteiger charge is 2.18. The zero-order chi connectivity index (χ0) is 15.9. The lowest BCUT2D eigenvalue weighted by Crippen LogP contribution is -2.45. The lowest BCUT2D eigenvalue weighted by Gasteiger charge is -2.24. The van der Waals surface area contributed by atoms with E-state index in [2.05, 4.69) is 21.3 Å². The van der Waals surface area contributed by atoms with Crippen molar-refractivity contribution in [3.63, 3.8) is 0 Å². The van der Waals surface area contributed by atoms with Gasteiger partial charge >= 0.3 is 6.03 Å². The Labute approximate surface area is 143 Å². The van der Waals surface area contributed by atoms with E-state index in [-0.39, 0.29) is 36.4 Å². The van der Waals surface area contributed by atoms with Gasteiger partial charge in [-0.3, -0.25) is 4.79 Å². The quantitative estimate of drug-likeness (QED) is 0.677. The van der Waals surface area contributed by atoms with Crippen molar-refractivity contribution >= 4 is 30.0 Å². The molecule has 2 rings (SSSR count). The van der Waals surface area contributed by atoms with Crippen LogP contribution in [-0.2, 0) is 0 Å². The molecular weight excluding hydrogens is 316 g/mol. The molecule has 0 bridgehead atoms. The van der Waals surface area contributed by atoms with Crippen molar-refractivity contribution in [1.82, 2.24) is 16.0 Å². The van der Waals surface area contributed by atoms with E-state index in [1.54, 1.807) is 24.3 Å². The summed E-state index contributed by atoms with van der Waals surface area (Å²) in [6.45, 7) is 5.55. The summed E-state index contributed by atoms with van der Waals surface area (Å²) in [5.41, 5.74) is 0.994. The maximum Gasteiger partial charge on any atom is 0.319 e. The van der Waals surface area contributed by atoms with Gasteiger partial charge in [0.1, 0.15) is 0 Å². The molecular formula is C16H25ClN4O2. The Bertz CT molecular complexity index is 531. The van der Waals surface area contributed by atoms with Gasteiger partial charge in [0.15, 0.2) is 0 Å². The molecule has 1 fully saturated rings. The first kappa shape index (κ1) is 19.3. The van der Waals surface area contributed by atoms with Crippen molar-refractivity contribution in [2.75, 3.05) is 18.4 Å². The average molecular weight is 341 g/mol. The van der Waals surface area contributed by atoms with Crippen molar-refractivity contribution in [1.29, 1.82) is 0 Å². The van der Waals surface area contributed by atoms with Gasteiger partial charge in [-0.25, -0.2) is 4.79 Å². The highest BCUT2D eigenvalue weighted by Crippen LogP contribution is 2.15. The molecule has 0 saturated carbocycles. The molecule has 1 atom stereocenters. The molecule has 1 aromatic rings. The monoisotopic (exact) mass is 340 g/mol. The number of piperidine rings is 1. The summed E-state index contributed by atoms with van der Waals surface area (Å²) < 4.78 is 0. The van der Waals surface area contributed by atoms with Crippen LogP contribution in [0.15, 0.2) is 24.3 Å². The zero-order valence-corrected chi connectivity index (χ0v) is 14.3. The molecule has 1 saturated heterocycles. The molecule has 6 nitrogen and oxygen atoms in total. The summed E-state index contributed by atoms with van der Waals surface area (Å²) in [6, 6.07) is 6.90. The molecule has 1 aliphatic rings. The lowest BCUT2D eigenvalue weighted by atomic mass is 10.1. The van der Waals surface area contributed by atoms with Crippen molar-refractivity contribution in [2.24, 2.45) is 0 Å². The number of hydrogen-bond acceptors (Lipinski definition) is 3. The van der Waals surface area contributed by atoms with Crippen molar-refractivity contribution in [3.05, 3.63) is 29.8 Å². The second-order valence-corrected chi connectivity index (χ2v) is 5.82. The Morgan fingerprint density at radius 3 is 2.65 bits per heavy atom. The number of nitrogens with one attached hydrogen (secondary N) is 4. The molecule has 0 radical (unpaired) electrons. The van der Waals surface area contributed by atoms with E-state index >= 15 is 0 Å². The number of amides is 3. The first-order valence-electron chi connectivity index (χ1n) is 7.74. The van der Waals surface area contributed by atoms with E-state index < -0.39 is 0 Å². The molecule has 7 heteroatoms. The van der Waals surface area contributed by atoms with Crippen LogP contribution in [-0.4, -0.2) is 37.1 Å². The van der Waals surface area contributed by atoms with Crippen LogP contribution in [0.5, 0.6) is 0 Å². The van der Waals surface area contributed by atoms with Crippen LogP contribution in [0, 0.1) is 0 Å². The second kappa shape index (κ2) is 9.37. The number of urea groups is 1. The van der Waals surface area contributed by atoms with Gasteiger partial charge in [0, 0.05) is 18.6 Å². The van der Waals surface area contributed by atoms with E-state index in [1.807, 2.05) is 13.8 Å². The number of halogens is 1. The van der Waals surface area contributed by atoms with Gasteiger partial charge in [0.05, 0.1) is 11.3 Å². The van der Waals surface area contributed by atoms with Crippen LogP contribution in [0.25, 0.3) is 0 Å². The summed E-state index contributed by atoms with van der Waals surface area (Å²) in [6.07, 6.45) is 2.03. The topological polar surface area (TPSA) is 82.3 Å². The highest BCUT2D eigenvalue weighted by molar-refractivity contribution is 6.03. The Morgan fingerprint density at radius 2 is 2.00 bits per heavy atom. The van der Waals surface area contributed by atoms with Gasteiger partial charge < -0.3 is 21.3 Å². The lowest BCUT2D eigenvalue weighted by molar-refractivity contribution is 0.0931. The predicted octanol–water partition coefficient (Wildman–Crippen LogP) is 2.12. The molecule has 0 aromatic heterocycles. The van der Waals surface area contributed by atoms with Gasteiger partial charge in [0.2, 0.25) is 0 Å². The van der Waals surface area contributed by atoms with E-state index in [0.717, 1.165) is 25.9 Å². The van der Waals surface area contributed by atoms with Crippen molar-refractivity contribution in [2.45, 2.75) is 38.8 Å². The Hall–Kier alpha value is -1.79. The summed E-state index contributed by atoms with van der Waals surface area (Å²) in [7, 11) is 0. The summed E-state index contributed by atoms with van der Waals surface area (Å²) >= 11 is 0. The SMILES string of the molecule is CC(C)NC(=O)Nc1ccccc1C(=O)NC1CCCNC1.Cl. The minimum absolute atomic E-state index is 0. The summed E-state index contributed by atoms with van der Waals surface area (Å²) in [4.78, 5) is 24.3. The number of anilines is 1. The third-order valence-corrected chi connectivity index (χ3v) is 3.47. The first-order valence-corrected chi connectivity index (χ1v) is 7.74. The third-order valence-electron chi connectivity index (χ3n) is 3.47. The predicted molar refractivity (Wildman–Crippen MR) is 94.3 cm³/mol. The third kappa shape index (κ3) is 6.08. The van der Waals surface area contributed by atoms with E-state index in [4.69, 9.17) is 0 Å². The van der Waals surface area contributed by atoms with Gasteiger partial charge in [-0.1, -0.05) is 12.1 Å². The molecule has 0 aliphatic carbocycles. The fourth-order valence-electron chi connectivity index (χ4n) is 2.45. The molecule has 1 aliphatic heterocycles. The zero-order valence-electron chi connectivity index (χ0n) is 13.5. The minimum atomic E-state index is -0.311. The molecule has 3 amide bonds. The van der Waals surface area contributed by atoms with Crippen molar-refractivity contribution < 1.29 is 9.59 Å². The van der Waals surface area contributed by atoms with Gasteiger partial charge in [-0.05, 0) is 45.4 Å². The molecule has 0 spiro atoms. The molecule has 4 N–H and O–H groups in total.